The van der Waals surface area contributed by atoms with Crippen molar-refractivity contribution in [1.82, 2.24) is 0 Å². The van der Waals surface area contributed by atoms with E-state index in [-0.39, 0.29) is 10.8 Å². The average molecular weight is 427 g/mol. The van der Waals surface area contributed by atoms with Crippen molar-refractivity contribution in [2.24, 2.45) is 11.3 Å². The lowest BCUT2D eigenvalue weighted by atomic mass is 9.55. The maximum Gasteiger partial charge on any atom is 0.119 e. The molecule has 0 spiro atoms. The van der Waals surface area contributed by atoms with Crippen molar-refractivity contribution in [3.63, 3.8) is 0 Å². The largest absolute Gasteiger partial charge is 0.491 e. The number of rotatable bonds is 8. The van der Waals surface area contributed by atoms with Gasteiger partial charge in [0.05, 0.1) is 12.2 Å². The summed E-state index contributed by atoms with van der Waals surface area (Å²) >= 11 is 0. The number of hydrogen-bond acceptors (Lipinski definition) is 4. The molecule has 3 rings (SSSR count). The Morgan fingerprint density at radius 2 is 1.23 bits per heavy atom. The van der Waals surface area contributed by atoms with Crippen LogP contribution in [0.2, 0.25) is 0 Å². The summed E-state index contributed by atoms with van der Waals surface area (Å²) in [7, 11) is 0. The van der Waals surface area contributed by atoms with Crippen LogP contribution < -0.4 is 9.47 Å². The van der Waals surface area contributed by atoms with E-state index < -0.39 is 12.2 Å². The van der Waals surface area contributed by atoms with Crippen molar-refractivity contribution in [2.45, 2.75) is 71.5 Å². The highest BCUT2D eigenvalue weighted by Crippen LogP contribution is 2.53. The monoisotopic (exact) mass is 426 g/mol. The predicted octanol–water partition coefficient (Wildman–Crippen LogP) is 5.34. The fraction of sp³-hybridized carbons (Fsp3) is 0.556. The Bertz CT molecular complexity index is 766. The molecule has 0 heterocycles. The second-order valence-corrected chi connectivity index (χ2v) is 10.3. The minimum Gasteiger partial charge on any atom is -0.491 e. The molecule has 170 valence electrons. The molecule has 1 aliphatic carbocycles. The molecule has 2 aromatic rings. The van der Waals surface area contributed by atoms with Gasteiger partial charge in [-0.1, -0.05) is 45.0 Å². The minimum atomic E-state index is -0.486. The molecule has 0 bridgehead atoms. The molecule has 4 nitrogen and oxygen atoms in total. The number of benzene rings is 2. The van der Waals surface area contributed by atoms with Gasteiger partial charge in [0.2, 0.25) is 0 Å². The Morgan fingerprint density at radius 3 is 1.58 bits per heavy atom. The van der Waals surface area contributed by atoms with Gasteiger partial charge in [-0.25, -0.2) is 0 Å². The van der Waals surface area contributed by atoms with Crippen LogP contribution in [-0.4, -0.2) is 35.6 Å². The molecule has 1 fully saturated rings. The fourth-order valence-corrected chi connectivity index (χ4v) is 5.35. The summed E-state index contributed by atoms with van der Waals surface area (Å²) in [5.41, 5.74) is 2.76. The van der Waals surface area contributed by atoms with Crippen molar-refractivity contribution in [2.75, 3.05) is 13.2 Å². The van der Waals surface area contributed by atoms with Gasteiger partial charge >= 0.3 is 0 Å². The summed E-state index contributed by atoms with van der Waals surface area (Å²) in [5, 5.41) is 19.0. The highest BCUT2D eigenvalue weighted by Gasteiger charge is 2.45. The van der Waals surface area contributed by atoms with E-state index in [0.717, 1.165) is 24.3 Å². The van der Waals surface area contributed by atoms with Gasteiger partial charge in [0.1, 0.15) is 24.7 Å². The second-order valence-electron chi connectivity index (χ2n) is 10.3. The van der Waals surface area contributed by atoms with Gasteiger partial charge in [-0.05, 0) is 79.8 Å². The normalized spacial score (nSPS) is 24.9. The Morgan fingerprint density at radius 1 is 0.806 bits per heavy atom. The lowest BCUT2D eigenvalue weighted by Crippen LogP contribution is -2.41. The summed E-state index contributed by atoms with van der Waals surface area (Å²) in [6.45, 7) is 11.1. The smallest absolute Gasteiger partial charge is 0.119 e. The van der Waals surface area contributed by atoms with E-state index in [4.69, 9.17) is 9.47 Å². The molecule has 4 heteroatoms. The molecule has 0 aliphatic heterocycles. The number of aliphatic hydroxyl groups excluding tert-OH is 2. The van der Waals surface area contributed by atoms with Crippen LogP contribution in [0.4, 0.5) is 0 Å². The quantitative estimate of drug-likeness (QED) is 0.598. The van der Waals surface area contributed by atoms with Crippen molar-refractivity contribution >= 4 is 0 Å². The Labute approximate surface area is 187 Å². The summed E-state index contributed by atoms with van der Waals surface area (Å²) in [6.07, 6.45) is 2.42. The van der Waals surface area contributed by atoms with E-state index >= 15 is 0 Å². The summed E-state index contributed by atoms with van der Waals surface area (Å²) in [5.74, 6) is 2.18. The molecule has 1 saturated carbocycles. The summed E-state index contributed by atoms with van der Waals surface area (Å²) in [4.78, 5) is 0. The summed E-state index contributed by atoms with van der Waals surface area (Å²) < 4.78 is 11.4. The first-order chi connectivity index (χ1) is 14.6. The zero-order valence-corrected chi connectivity index (χ0v) is 19.6. The van der Waals surface area contributed by atoms with Gasteiger partial charge in [-0.15, -0.1) is 0 Å². The van der Waals surface area contributed by atoms with Gasteiger partial charge in [0.15, 0.2) is 0 Å². The van der Waals surface area contributed by atoms with Gasteiger partial charge in [-0.2, -0.15) is 0 Å². The van der Waals surface area contributed by atoms with Gasteiger partial charge in [-0.3, -0.25) is 0 Å². The van der Waals surface area contributed by atoms with E-state index in [9.17, 15) is 10.2 Å². The van der Waals surface area contributed by atoms with E-state index in [1.807, 2.05) is 24.3 Å². The van der Waals surface area contributed by atoms with E-state index in [1.165, 1.54) is 17.5 Å². The second kappa shape index (κ2) is 9.62. The van der Waals surface area contributed by atoms with E-state index in [1.54, 1.807) is 13.8 Å². The maximum atomic E-state index is 9.49. The zero-order chi connectivity index (χ0) is 22.6. The van der Waals surface area contributed by atoms with Crippen molar-refractivity contribution < 1.29 is 19.7 Å². The molecule has 2 N–H and O–H groups in total. The molecule has 31 heavy (non-hydrogen) atoms. The summed E-state index contributed by atoms with van der Waals surface area (Å²) in [6, 6.07) is 16.8. The highest BCUT2D eigenvalue weighted by atomic mass is 16.5. The molecule has 0 aromatic heterocycles. The Hall–Kier alpha value is -2.04. The van der Waals surface area contributed by atoms with Crippen LogP contribution in [0, 0.1) is 11.3 Å². The van der Waals surface area contributed by atoms with Crippen LogP contribution >= 0.6 is 0 Å². The van der Waals surface area contributed by atoms with E-state index in [2.05, 4.69) is 45.0 Å². The molecule has 0 radical (unpaired) electrons. The maximum absolute atomic E-state index is 9.49. The van der Waals surface area contributed by atoms with Crippen LogP contribution in [0.5, 0.6) is 11.5 Å². The first-order valence-electron chi connectivity index (χ1n) is 11.4. The van der Waals surface area contributed by atoms with Crippen LogP contribution in [0.3, 0.4) is 0 Å². The highest BCUT2D eigenvalue weighted by molar-refractivity contribution is 5.44. The molecular formula is C27H38O4. The Balaban J connectivity index is 1.95. The van der Waals surface area contributed by atoms with Gasteiger partial charge < -0.3 is 19.7 Å². The average Bonchev–Trinajstić information content (AvgIpc) is 2.70. The molecule has 0 saturated heterocycles. The van der Waals surface area contributed by atoms with Crippen LogP contribution in [-0.2, 0) is 5.41 Å². The molecule has 0 amide bonds. The van der Waals surface area contributed by atoms with Crippen LogP contribution in [0.15, 0.2) is 48.5 Å². The predicted molar refractivity (Wildman–Crippen MR) is 125 cm³/mol. The first kappa shape index (κ1) is 23.6. The number of aliphatic hydroxyl groups is 2. The topological polar surface area (TPSA) is 58.9 Å². The standard InChI is InChI=1S/C27H38O4/c1-19-14-26(4,5)18-27(15-19,22-6-10-24(11-7-22)30-16-20(2)28)23-8-12-25(13-9-23)31-17-21(3)29/h6-13,19-21,28-29H,14-18H2,1-5H3. The molecule has 3 atom stereocenters. The third kappa shape index (κ3) is 6.02. The lowest BCUT2D eigenvalue weighted by molar-refractivity contribution is 0.121. The number of hydrogen-bond donors (Lipinski definition) is 2. The van der Waals surface area contributed by atoms with E-state index in [0.29, 0.717) is 19.1 Å². The number of ether oxygens (including phenoxy) is 2. The molecule has 3 unspecified atom stereocenters. The van der Waals surface area contributed by atoms with Crippen molar-refractivity contribution in [3.05, 3.63) is 59.7 Å². The van der Waals surface area contributed by atoms with Gasteiger partial charge in [0, 0.05) is 5.41 Å². The van der Waals surface area contributed by atoms with Crippen molar-refractivity contribution in [3.8, 4) is 11.5 Å². The Kier molecular flexibility index (Phi) is 7.33. The molecule has 2 aromatic carbocycles. The minimum absolute atomic E-state index is 0.0766. The SMILES string of the molecule is CC(O)COc1ccc(C2(c3ccc(OCC(C)O)cc3)CC(C)CC(C)(C)C2)cc1. The first-order valence-corrected chi connectivity index (χ1v) is 11.4. The molecular weight excluding hydrogens is 388 g/mol. The van der Waals surface area contributed by atoms with Crippen molar-refractivity contribution in [1.29, 1.82) is 0 Å². The fourth-order valence-electron chi connectivity index (χ4n) is 5.35. The van der Waals surface area contributed by atoms with Crippen LogP contribution in [0.1, 0.15) is 65.0 Å². The molecule has 1 aliphatic rings. The lowest BCUT2D eigenvalue weighted by Gasteiger charge is -2.48. The third-order valence-electron chi connectivity index (χ3n) is 6.17. The van der Waals surface area contributed by atoms with Gasteiger partial charge in [0.25, 0.3) is 0 Å². The third-order valence-corrected chi connectivity index (χ3v) is 6.17. The zero-order valence-electron chi connectivity index (χ0n) is 19.6. The van der Waals surface area contributed by atoms with Crippen LogP contribution in [0.25, 0.3) is 0 Å².